The van der Waals surface area contributed by atoms with E-state index < -0.39 is 0 Å². The van der Waals surface area contributed by atoms with E-state index in [1.54, 1.807) is 0 Å². The Bertz CT molecular complexity index is 759. The number of carbonyl (C=O) groups is 1. The number of nitrogen functional groups attached to an aromatic ring is 1. The van der Waals surface area contributed by atoms with Crippen molar-refractivity contribution in [3.05, 3.63) is 35.7 Å². The van der Waals surface area contributed by atoms with E-state index in [-0.39, 0.29) is 18.5 Å². The van der Waals surface area contributed by atoms with E-state index in [1.165, 1.54) is 25.7 Å². The largest absolute Gasteiger partial charge is 0.457 e. The zero-order chi connectivity index (χ0) is 18.4. The molecule has 1 aromatic heterocycles. The number of ether oxygens (including phenoxy) is 1. The Balaban J connectivity index is 1.55. The predicted octanol–water partition coefficient (Wildman–Crippen LogP) is 3.52. The van der Waals surface area contributed by atoms with Gasteiger partial charge >= 0.3 is 5.97 Å². The van der Waals surface area contributed by atoms with E-state index in [9.17, 15) is 4.79 Å². The zero-order valence-electron chi connectivity index (χ0n) is 15.1. The Kier molecular flexibility index (Phi) is 5.99. The number of anilines is 3. The van der Waals surface area contributed by atoms with Crippen LogP contribution in [0.4, 0.5) is 17.6 Å². The fourth-order valence-electron chi connectivity index (χ4n) is 3.23. The fourth-order valence-corrected chi connectivity index (χ4v) is 3.23. The van der Waals surface area contributed by atoms with E-state index in [1.807, 2.05) is 31.2 Å². The number of para-hydroxylation sites is 1. The SMILES string of the molecule is Cc1ccccc1Nc1nc(N)nc(COC(=O)CCC2CCCC2)n1. The Morgan fingerprint density at radius 2 is 2.00 bits per heavy atom. The number of aryl methyl sites for hydroxylation is 1. The molecule has 1 aromatic carbocycles. The monoisotopic (exact) mass is 355 g/mol. The van der Waals surface area contributed by atoms with Gasteiger partial charge in [-0.2, -0.15) is 15.0 Å². The van der Waals surface area contributed by atoms with Crippen LogP contribution in [0.2, 0.25) is 0 Å². The average Bonchev–Trinajstić information content (AvgIpc) is 3.13. The van der Waals surface area contributed by atoms with Crippen LogP contribution in [0.1, 0.15) is 49.9 Å². The molecule has 138 valence electrons. The highest BCUT2D eigenvalue weighted by molar-refractivity contribution is 5.69. The van der Waals surface area contributed by atoms with E-state index in [0.717, 1.165) is 17.7 Å². The third-order valence-electron chi connectivity index (χ3n) is 4.68. The molecule has 3 rings (SSSR count). The predicted molar refractivity (Wildman–Crippen MR) is 99.7 cm³/mol. The molecule has 0 radical (unpaired) electrons. The molecule has 1 aliphatic rings. The average molecular weight is 355 g/mol. The number of nitrogens with zero attached hydrogens (tertiary/aromatic N) is 3. The minimum absolute atomic E-state index is 0.00132. The summed E-state index contributed by atoms with van der Waals surface area (Å²) in [6, 6.07) is 7.80. The van der Waals surface area contributed by atoms with E-state index in [2.05, 4.69) is 20.3 Å². The molecule has 7 nitrogen and oxygen atoms in total. The lowest BCUT2D eigenvalue weighted by molar-refractivity contribution is -0.145. The van der Waals surface area contributed by atoms with Gasteiger partial charge in [0.05, 0.1) is 0 Å². The van der Waals surface area contributed by atoms with E-state index in [4.69, 9.17) is 10.5 Å². The van der Waals surface area contributed by atoms with Gasteiger partial charge in [-0.05, 0) is 30.9 Å². The van der Waals surface area contributed by atoms with Crippen LogP contribution in [0.15, 0.2) is 24.3 Å². The number of hydrogen-bond donors (Lipinski definition) is 2. The van der Waals surface area contributed by atoms with Crippen LogP contribution < -0.4 is 11.1 Å². The Morgan fingerprint density at radius 3 is 2.77 bits per heavy atom. The van der Waals surface area contributed by atoms with Crippen molar-refractivity contribution in [2.24, 2.45) is 5.92 Å². The minimum atomic E-state index is -0.218. The Labute approximate surface area is 153 Å². The van der Waals surface area contributed by atoms with Gasteiger partial charge in [0.25, 0.3) is 0 Å². The first-order valence-electron chi connectivity index (χ1n) is 9.09. The summed E-state index contributed by atoms with van der Waals surface area (Å²) in [5, 5.41) is 3.12. The highest BCUT2D eigenvalue weighted by atomic mass is 16.5. The number of aromatic nitrogens is 3. The third-order valence-corrected chi connectivity index (χ3v) is 4.68. The summed E-state index contributed by atoms with van der Waals surface area (Å²) < 4.78 is 5.30. The molecule has 7 heteroatoms. The molecule has 26 heavy (non-hydrogen) atoms. The van der Waals surface area contributed by atoms with Crippen LogP contribution in [0.5, 0.6) is 0 Å². The first-order valence-corrected chi connectivity index (χ1v) is 9.09. The lowest BCUT2D eigenvalue weighted by Gasteiger charge is -2.10. The van der Waals surface area contributed by atoms with Gasteiger partial charge in [0.1, 0.15) is 0 Å². The lowest BCUT2D eigenvalue weighted by atomic mass is 10.0. The van der Waals surface area contributed by atoms with Crippen LogP contribution in [-0.4, -0.2) is 20.9 Å². The Hall–Kier alpha value is -2.70. The summed E-state index contributed by atoms with van der Waals surface area (Å²) in [6.07, 6.45) is 6.36. The van der Waals surface area contributed by atoms with Crippen molar-refractivity contribution in [3.8, 4) is 0 Å². The molecule has 0 bridgehead atoms. The molecule has 0 saturated heterocycles. The molecule has 3 N–H and O–H groups in total. The molecule has 1 saturated carbocycles. The smallest absolute Gasteiger partial charge is 0.306 e. The highest BCUT2D eigenvalue weighted by Crippen LogP contribution is 2.28. The number of benzene rings is 1. The minimum Gasteiger partial charge on any atom is -0.457 e. The zero-order valence-corrected chi connectivity index (χ0v) is 15.1. The maximum Gasteiger partial charge on any atom is 0.306 e. The topological polar surface area (TPSA) is 103 Å². The fraction of sp³-hybridized carbons (Fsp3) is 0.474. The van der Waals surface area contributed by atoms with Crippen molar-refractivity contribution in [3.63, 3.8) is 0 Å². The van der Waals surface area contributed by atoms with E-state index >= 15 is 0 Å². The van der Waals surface area contributed by atoms with E-state index in [0.29, 0.717) is 24.1 Å². The summed E-state index contributed by atoms with van der Waals surface area (Å²) in [6.45, 7) is 1.98. The second-order valence-corrected chi connectivity index (χ2v) is 6.72. The Morgan fingerprint density at radius 1 is 1.23 bits per heavy atom. The van der Waals surface area contributed by atoms with Gasteiger partial charge in [-0.25, -0.2) is 0 Å². The first kappa shape index (κ1) is 18.1. The molecule has 0 spiro atoms. The molecule has 1 heterocycles. The van der Waals surface area contributed by atoms with Crippen LogP contribution in [-0.2, 0) is 16.1 Å². The van der Waals surface area contributed by atoms with Crippen molar-refractivity contribution in [1.29, 1.82) is 0 Å². The molecular weight excluding hydrogens is 330 g/mol. The molecule has 0 unspecified atom stereocenters. The summed E-state index contributed by atoms with van der Waals surface area (Å²) >= 11 is 0. The molecule has 1 aliphatic carbocycles. The molecule has 0 amide bonds. The quantitative estimate of drug-likeness (QED) is 0.732. The van der Waals surface area contributed by atoms with Crippen molar-refractivity contribution in [2.45, 2.75) is 52.1 Å². The van der Waals surface area contributed by atoms with Gasteiger partial charge in [0.15, 0.2) is 12.4 Å². The number of rotatable bonds is 7. The summed E-state index contributed by atoms with van der Waals surface area (Å²) in [4.78, 5) is 24.4. The lowest BCUT2D eigenvalue weighted by Crippen LogP contribution is -2.11. The van der Waals surface area contributed by atoms with Crippen LogP contribution in [0.25, 0.3) is 0 Å². The number of nitrogens with one attached hydrogen (secondary N) is 1. The highest BCUT2D eigenvalue weighted by Gasteiger charge is 2.17. The van der Waals surface area contributed by atoms with Crippen LogP contribution in [0, 0.1) is 12.8 Å². The molecule has 0 aliphatic heterocycles. The van der Waals surface area contributed by atoms with Crippen molar-refractivity contribution in [1.82, 2.24) is 15.0 Å². The first-order chi connectivity index (χ1) is 12.6. The van der Waals surface area contributed by atoms with Crippen LogP contribution >= 0.6 is 0 Å². The molecule has 0 atom stereocenters. The summed E-state index contributed by atoms with van der Waals surface area (Å²) in [7, 11) is 0. The van der Waals surface area contributed by atoms with Gasteiger partial charge < -0.3 is 15.8 Å². The van der Waals surface area contributed by atoms with Gasteiger partial charge in [-0.15, -0.1) is 0 Å². The summed E-state index contributed by atoms with van der Waals surface area (Å²) in [5.74, 6) is 1.21. The molecular formula is C19H25N5O2. The number of hydrogen-bond acceptors (Lipinski definition) is 7. The standard InChI is InChI=1S/C19H25N5O2/c1-13-6-2-5-9-15(13)21-19-23-16(22-18(20)24-19)12-26-17(25)11-10-14-7-3-4-8-14/h2,5-6,9,14H,3-4,7-8,10-12H2,1H3,(H3,20,21,22,23,24). The van der Waals surface area contributed by atoms with Gasteiger partial charge in [0.2, 0.25) is 11.9 Å². The maximum atomic E-state index is 11.9. The number of carbonyl (C=O) groups excluding carboxylic acids is 1. The van der Waals surface area contributed by atoms with Crippen LogP contribution in [0.3, 0.4) is 0 Å². The molecule has 2 aromatic rings. The molecule has 1 fully saturated rings. The third kappa shape index (κ3) is 5.15. The van der Waals surface area contributed by atoms with Crippen molar-refractivity contribution in [2.75, 3.05) is 11.1 Å². The van der Waals surface area contributed by atoms with Crippen molar-refractivity contribution >= 4 is 23.6 Å². The second-order valence-electron chi connectivity index (χ2n) is 6.72. The maximum absolute atomic E-state index is 11.9. The summed E-state index contributed by atoms with van der Waals surface area (Å²) in [5.41, 5.74) is 7.70. The van der Waals surface area contributed by atoms with Gasteiger partial charge in [0, 0.05) is 12.1 Å². The van der Waals surface area contributed by atoms with Crippen molar-refractivity contribution < 1.29 is 9.53 Å². The second kappa shape index (κ2) is 8.60. The number of nitrogens with two attached hydrogens (primary N) is 1. The number of esters is 1. The normalized spacial score (nSPS) is 14.3. The van der Waals surface area contributed by atoms with Gasteiger partial charge in [-0.1, -0.05) is 43.9 Å². The van der Waals surface area contributed by atoms with Gasteiger partial charge in [-0.3, -0.25) is 4.79 Å².